The van der Waals surface area contributed by atoms with Gasteiger partial charge < -0.3 is 5.32 Å². The van der Waals surface area contributed by atoms with Crippen molar-refractivity contribution in [1.29, 1.82) is 5.26 Å². The first kappa shape index (κ1) is 10.7. The first-order chi connectivity index (χ1) is 7.66. The molecular weight excluding hydrogens is 200 g/mol. The van der Waals surface area contributed by atoms with Gasteiger partial charge in [0.15, 0.2) is 0 Å². The van der Waals surface area contributed by atoms with E-state index in [9.17, 15) is 4.79 Å². The molecule has 1 amide bonds. The molecule has 0 bridgehead atoms. The van der Waals surface area contributed by atoms with Crippen LogP contribution in [0.4, 0.5) is 5.69 Å². The Morgan fingerprint density at radius 3 is 2.44 bits per heavy atom. The van der Waals surface area contributed by atoms with E-state index in [4.69, 9.17) is 5.26 Å². The minimum Gasteiger partial charge on any atom is -0.325 e. The molecule has 0 spiro atoms. The van der Waals surface area contributed by atoms with Gasteiger partial charge in [-0.05, 0) is 38.3 Å². The van der Waals surface area contributed by atoms with Gasteiger partial charge in [-0.3, -0.25) is 4.79 Å². The molecule has 0 aliphatic heterocycles. The van der Waals surface area contributed by atoms with Gasteiger partial charge in [-0.15, -0.1) is 0 Å². The summed E-state index contributed by atoms with van der Waals surface area (Å²) >= 11 is 0. The quantitative estimate of drug-likeness (QED) is 0.822. The Balaban J connectivity index is 2.08. The smallest absolute Gasteiger partial charge is 0.244 e. The van der Waals surface area contributed by atoms with Crippen LogP contribution in [0.3, 0.4) is 0 Å². The van der Waals surface area contributed by atoms with Crippen LogP contribution in [-0.2, 0) is 4.79 Å². The van der Waals surface area contributed by atoms with Crippen molar-refractivity contribution in [3.05, 3.63) is 29.8 Å². The molecule has 3 nitrogen and oxygen atoms in total. The second-order valence-corrected chi connectivity index (χ2v) is 4.37. The van der Waals surface area contributed by atoms with Gasteiger partial charge in [0.1, 0.15) is 5.41 Å². The lowest BCUT2D eigenvalue weighted by molar-refractivity contribution is -0.126. The highest BCUT2D eigenvalue weighted by molar-refractivity contribution is 5.97. The van der Waals surface area contributed by atoms with Gasteiger partial charge in [-0.1, -0.05) is 17.7 Å². The second kappa shape index (κ2) is 3.97. The molecule has 1 aliphatic carbocycles. The van der Waals surface area contributed by atoms with Crippen LogP contribution >= 0.6 is 0 Å². The number of nitrogens with one attached hydrogen (secondary N) is 1. The third-order valence-corrected chi connectivity index (χ3v) is 3.17. The largest absolute Gasteiger partial charge is 0.325 e. The van der Waals surface area contributed by atoms with E-state index < -0.39 is 5.41 Å². The molecule has 16 heavy (non-hydrogen) atoms. The predicted molar refractivity (Wildman–Crippen MR) is 61.7 cm³/mol. The Bertz CT molecular complexity index is 438. The number of nitriles is 1. The second-order valence-electron chi connectivity index (χ2n) is 4.37. The highest BCUT2D eigenvalue weighted by Gasteiger charge is 2.44. The van der Waals surface area contributed by atoms with Crippen molar-refractivity contribution >= 4 is 11.6 Å². The summed E-state index contributed by atoms with van der Waals surface area (Å²) < 4.78 is 0. The maximum atomic E-state index is 11.9. The predicted octanol–water partition coefficient (Wildman–Crippen LogP) is 2.63. The first-order valence-corrected chi connectivity index (χ1v) is 5.46. The lowest BCUT2D eigenvalue weighted by Crippen LogP contribution is -2.40. The van der Waals surface area contributed by atoms with E-state index in [-0.39, 0.29) is 5.91 Å². The van der Waals surface area contributed by atoms with Crippen molar-refractivity contribution < 1.29 is 4.79 Å². The van der Waals surface area contributed by atoms with Gasteiger partial charge in [0.25, 0.3) is 0 Å². The van der Waals surface area contributed by atoms with Gasteiger partial charge in [-0.25, -0.2) is 0 Å². The molecule has 1 saturated carbocycles. The van der Waals surface area contributed by atoms with E-state index in [1.54, 1.807) is 0 Å². The molecule has 0 saturated heterocycles. The average Bonchev–Trinajstić information content (AvgIpc) is 2.21. The molecule has 0 aromatic heterocycles. The molecular formula is C13H14N2O. The summed E-state index contributed by atoms with van der Waals surface area (Å²) in [6.45, 7) is 1.99. The van der Waals surface area contributed by atoms with Gasteiger partial charge in [0.05, 0.1) is 6.07 Å². The van der Waals surface area contributed by atoms with Crippen LogP contribution < -0.4 is 5.32 Å². The van der Waals surface area contributed by atoms with Crippen LogP contribution in [0.1, 0.15) is 24.8 Å². The van der Waals surface area contributed by atoms with E-state index in [0.29, 0.717) is 12.8 Å². The number of benzene rings is 1. The number of carbonyl (C=O) groups is 1. The Morgan fingerprint density at radius 2 is 2.00 bits per heavy atom. The number of aryl methyl sites for hydroxylation is 1. The number of nitrogens with zero attached hydrogens (tertiary/aromatic N) is 1. The Kier molecular flexibility index (Phi) is 2.66. The Labute approximate surface area is 95.1 Å². The van der Waals surface area contributed by atoms with Crippen molar-refractivity contribution in [1.82, 2.24) is 0 Å². The topological polar surface area (TPSA) is 52.9 Å². The fraction of sp³-hybridized carbons (Fsp3) is 0.385. The van der Waals surface area contributed by atoms with E-state index in [2.05, 4.69) is 11.4 Å². The Morgan fingerprint density at radius 1 is 1.38 bits per heavy atom. The highest BCUT2D eigenvalue weighted by atomic mass is 16.2. The standard InChI is InChI=1S/C13H14N2O/c1-10-3-5-11(6-4-10)15-12(16)13(9-14)7-2-8-13/h3-6H,2,7-8H2,1H3,(H,15,16). The van der Waals surface area contributed by atoms with Crippen molar-refractivity contribution in [2.45, 2.75) is 26.2 Å². The van der Waals surface area contributed by atoms with Crippen LogP contribution in [0.15, 0.2) is 24.3 Å². The summed E-state index contributed by atoms with van der Waals surface area (Å²) in [5.74, 6) is -0.162. The summed E-state index contributed by atoms with van der Waals surface area (Å²) in [4.78, 5) is 11.9. The number of anilines is 1. The van der Waals surface area contributed by atoms with E-state index in [1.165, 1.54) is 0 Å². The van der Waals surface area contributed by atoms with E-state index in [1.807, 2.05) is 31.2 Å². The SMILES string of the molecule is Cc1ccc(NC(=O)C2(C#N)CCC2)cc1. The van der Waals surface area contributed by atoms with Crippen LogP contribution in [0.5, 0.6) is 0 Å². The summed E-state index contributed by atoms with van der Waals surface area (Å²) in [5.41, 5.74) is 1.14. The van der Waals surface area contributed by atoms with Crippen LogP contribution in [0.2, 0.25) is 0 Å². The van der Waals surface area contributed by atoms with Gasteiger partial charge >= 0.3 is 0 Å². The minimum atomic E-state index is -0.773. The van der Waals surface area contributed by atoms with Gasteiger partial charge in [0, 0.05) is 5.69 Å². The number of hydrogen-bond donors (Lipinski definition) is 1. The summed E-state index contributed by atoms with van der Waals surface area (Å²) in [5, 5.41) is 11.8. The minimum absolute atomic E-state index is 0.162. The fourth-order valence-electron chi connectivity index (χ4n) is 1.81. The maximum Gasteiger partial charge on any atom is 0.244 e. The van der Waals surface area contributed by atoms with Crippen molar-refractivity contribution in [2.75, 3.05) is 5.32 Å². The highest BCUT2D eigenvalue weighted by Crippen LogP contribution is 2.41. The number of hydrogen-bond acceptors (Lipinski definition) is 2. The number of amides is 1. The molecule has 0 radical (unpaired) electrons. The molecule has 0 atom stereocenters. The van der Waals surface area contributed by atoms with Crippen molar-refractivity contribution in [3.63, 3.8) is 0 Å². The monoisotopic (exact) mass is 214 g/mol. The zero-order valence-corrected chi connectivity index (χ0v) is 9.29. The number of carbonyl (C=O) groups excluding carboxylic acids is 1. The van der Waals surface area contributed by atoms with Crippen molar-refractivity contribution in [3.8, 4) is 6.07 Å². The first-order valence-electron chi connectivity index (χ1n) is 5.46. The Hall–Kier alpha value is -1.82. The molecule has 82 valence electrons. The molecule has 0 unspecified atom stereocenters. The summed E-state index contributed by atoms with van der Waals surface area (Å²) in [6.07, 6.45) is 2.33. The molecule has 1 aliphatic rings. The molecule has 1 fully saturated rings. The van der Waals surface area contributed by atoms with E-state index >= 15 is 0 Å². The summed E-state index contributed by atoms with van der Waals surface area (Å²) in [7, 11) is 0. The molecule has 1 aromatic rings. The van der Waals surface area contributed by atoms with Crippen LogP contribution in [0, 0.1) is 23.7 Å². The maximum absolute atomic E-state index is 11.9. The van der Waals surface area contributed by atoms with Gasteiger partial charge in [0.2, 0.25) is 5.91 Å². The number of rotatable bonds is 2. The lowest BCUT2D eigenvalue weighted by atomic mass is 9.69. The van der Waals surface area contributed by atoms with Crippen molar-refractivity contribution in [2.24, 2.45) is 5.41 Å². The third-order valence-electron chi connectivity index (χ3n) is 3.17. The molecule has 1 aromatic carbocycles. The van der Waals surface area contributed by atoms with Gasteiger partial charge in [-0.2, -0.15) is 5.26 Å². The zero-order chi connectivity index (χ0) is 11.6. The van der Waals surface area contributed by atoms with Crippen LogP contribution in [-0.4, -0.2) is 5.91 Å². The van der Waals surface area contributed by atoms with E-state index in [0.717, 1.165) is 17.7 Å². The molecule has 1 N–H and O–H groups in total. The summed E-state index contributed by atoms with van der Waals surface area (Å²) in [6, 6.07) is 9.73. The zero-order valence-electron chi connectivity index (χ0n) is 9.29. The third kappa shape index (κ3) is 1.79. The van der Waals surface area contributed by atoms with Crippen LogP contribution in [0.25, 0.3) is 0 Å². The average molecular weight is 214 g/mol. The normalized spacial score (nSPS) is 17.0. The molecule has 3 heteroatoms. The molecule has 2 rings (SSSR count). The lowest BCUT2D eigenvalue weighted by Gasteiger charge is -2.33. The molecule has 0 heterocycles. The fourth-order valence-corrected chi connectivity index (χ4v) is 1.81.